The van der Waals surface area contributed by atoms with Gasteiger partial charge in [0, 0.05) is 0 Å². The first-order valence-corrected chi connectivity index (χ1v) is 23.7. The summed E-state index contributed by atoms with van der Waals surface area (Å²) in [4.78, 5) is 0. The molecule has 0 spiro atoms. The maximum atomic E-state index is 3.97. The third kappa shape index (κ3) is 11.0. The van der Waals surface area contributed by atoms with Crippen molar-refractivity contribution in [1.82, 2.24) is 0 Å². The first-order valence-electron chi connectivity index (χ1n) is 21.0. The van der Waals surface area contributed by atoms with Gasteiger partial charge < -0.3 is 17.7 Å². The monoisotopic (exact) mass is 943 g/mol. The fourth-order valence-corrected chi connectivity index (χ4v) is 14.5. The van der Waals surface area contributed by atoms with Crippen molar-refractivity contribution in [2.45, 2.75) is 69.2 Å². The molecule has 0 aliphatic carbocycles. The van der Waals surface area contributed by atoms with E-state index in [1.807, 2.05) is 13.8 Å². The molecular weight excluding hydrogens is 885 g/mol. The van der Waals surface area contributed by atoms with Crippen molar-refractivity contribution in [3.63, 3.8) is 0 Å². The second-order valence-electron chi connectivity index (χ2n) is 16.3. The molecule has 0 aromatic heterocycles. The summed E-state index contributed by atoms with van der Waals surface area (Å²) in [5.41, 5.74) is 13.2. The Hall–Kier alpha value is -3.99. The van der Waals surface area contributed by atoms with E-state index in [0.717, 1.165) is 13.1 Å². The number of hydrogen-bond acceptors (Lipinski definition) is 0. The molecule has 8 rings (SSSR count). The van der Waals surface area contributed by atoms with Crippen molar-refractivity contribution < 1.29 is 31.9 Å². The Bertz CT molecular complexity index is 2420. The second kappa shape index (κ2) is 21.4. The van der Waals surface area contributed by atoms with E-state index >= 15 is 0 Å². The normalized spacial score (nSPS) is 11.0. The molecule has 0 amide bonds. The van der Waals surface area contributed by atoms with Crippen LogP contribution in [0.5, 0.6) is 0 Å². The quantitative estimate of drug-likeness (QED) is 0.101. The average molecular weight is 944 g/mol. The standard InChI is InChI=1S/C52H48P2.C4H10N.ClH.Ru/c1-33-21-34(2)26-43(25-33)53(44-27-35(3)22-36(4)28-44)49-19-17-41-13-9-11-15-47(41)51(49)52-48-16-12-10-14-42(48)18-20-50(52)54(45-29-37(5)23-38(6)30-45)46-31-39(7)24-40(8)32-46;1-3-5-4-2;;/h9-32H,1-8H3;3-4H2,1-2H3;1H;/q;-1;;+2/p-1. The Balaban J connectivity index is 0.000000952. The van der Waals surface area contributed by atoms with Crippen LogP contribution in [-0.4, -0.2) is 13.1 Å². The summed E-state index contributed by atoms with van der Waals surface area (Å²) in [6, 6.07) is 56.6. The van der Waals surface area contributed by atoms with E-state index < -0.39 is 15.8 Å². The van der Waals surface area contributed by atoms with Gasteiger partial charge in [0.2, 0.25) is 0 Å². The molecule has 8 aromatic rings. The number of benzene rings is 8. The third-order valence-corrected chi connectivity index (χ3v) is 15.7. The number of hydrogen-bond donors (Lipinski definition) is 0. The number of halogens is 1. The fourth-order valence-electron chi connectivity index (χ4n) is 8.82. The van der Waals surface area contributed by atoms with Crippen LogP contribution in [0.2, 0.25) is 0 Å². The molecule has 0 aliphatic rings. The van der Waals surface area contributed by atoms with E-state index in [0.29, 0.717) is 0 Å². The molecular formula is C56H58ClNP2Ru. The van der Waals surface area contributed by atoms with E-state index in [-0.39, 0.29) is 31.9 Å². The van der Waals surface area contributed by atoms with Crippen LogP contribution >= 0.6 is 15.8 Å². The number of aryl methyl sites for hydroxylation is 8. The fraction of sp³-hybridized carbons (Fsp3) is 0.214. The Labute approximate surface area is 387 Å². The van der Waals surface area contributed by atoms with Gasteiger partial charge in [-0.15, -0.1) is 0 Å². The molecule has 0 bridgehead atoms. The van der Waals surface area contributed by atoms with E-state index in [9.17, 15) is 0 Å². The zero-order valence-corrected chi connectivity index (χ0v) is 41.6. The van der Waals surface area contributed by atoms with Crippen molar-refractivity contribution >= 4 is 69.2 Å². The molecule has 61 heavy (non-hydrogen) atoms. The van der Waals surface area contributed by atoms with Gasteiger partial charge in [-0.1, -0.05) is 204 Å². The van der Waals surface area contributed by atoms with E-state index in [4.69, 9.17) is 0 Å². The van der Waals surface area contributed by atoms with Crippen LogP contribution < -0.4 is 44.2 Å². The summed E-state index contributed by atoms with van der Waals surface area (Å²) >= 11 is 0. The maximum Gasteiger partial charge on any atom is 2.00 e. The average Bonchev–Trinajstić information content (AvgIpc) is 3.17. The molecule has 0 saturated carbocycles. The molecule has 0 heterocycles. The van der Waals surface area contributed by atoms with Crippen LogP contribution in [0.3, 0.4) is 0 Å². The second-order valence-corrected chi connectivity index (χ2v) is 20.6. The van der Waals surface area contributed by atoms with Crippen molar-refractivity contribution in [2.75, 3.05) is 13.1 Å². The predicted molar refractivity (Wildman–Crippen MR) is 267 cm³/mol. The van der Waals surface area contributed by atoms with Crippen LogP contribution in [0.15, 0.2) is 146 Å². The molecule has 0 aliphatic heterocycles. The first-order chi connectivity index (χ1) is 28.4. The minimum atomic E-state index is -0.937. The predicted octanol–water partition coefficient (Wildman–Crippen LogP) is 10.0. The molecule has 8 aromatic carbocycles. The Morgan fingerprint density at radius 3 is 0.869 bits per heavy atom. The SMILES string of the molecule is CC[N-]CC.Cc1cc(C)cc(P(c2cc(C)cc(C)c2)c2ccc3ccccc3c2-c2c(P(c3cc(C)cc(C)c3)c3cc(C)cc(C)c3)ccc3ccccc23)c1.[Cl-].[Ru+2]. The number of nitrogens with zero attached hydrogens (tertiary/aromatic N) is 1. The molecule has 0 unspecified atom stereocenters. The molecule has 0 fully saturated rings. The number of fused-ring (bicyclic) bond motifs is 2. The zero-order valence-electron chi connectivity index (χ0n) is 37.3. The van der Waals surface area contributed by atoms with Gasteiger partial charge in [0.25, 0.3) is 0 Å². The van der Waals surface area contributed by atoms with Gasteiger partial charge >= 0.3 is 19.5 Å². The van der Waals surface area contributed by atoms with Gasteiger partial charge in [0.15, 0.2) is 0 Å². The van der Waals surface area contributed by atoms with Crippen molar-refractivity contribution in [1.29, 1.82) is 0 Å². The summed E-state index contributed by atoms with van der Waals surface area (Å²) in [5, 5.41) is 17.6. The van der Waals surface area contributed by atoms with E-state index in [1.165, 1.54) is 109 Å². The molecule has 5 heteroatoms. The van der Waals surface area contributed by atoms with Crippen molar-refractivity contribution in [2.24, 2.45) is 0 Å². The summed E-state index contributed by atoms with van der Waals surface area (Å²) in [6.07, 6.45) is 0. The molecule has 0 saturated heterocycles. The van der Waals surface area contributed by atoms with Gasteiger partial charge in [0.1, 0.15) is 0 Å². The Morgan fingerprint density at radius 2 is 0.623 bits per heavy atom. The van der Waals surface area contributed by atoms with Crippen LogP contribution in [0.1, 0.15) is 58.4 Å². The van der Waals surface area contributed by atoms with Crippen LogP contribution in [0.25, 0.3) is 38.0 Å². The Morgan fingerprint density at radius 1 is 0.361 bits per heavy atom. The Kier molecular flexibility index (Phi) is 16.9. The third-order valence-electron chi connectivity index (χ3n) is 10.9. The first kappa shape index (κ1) is 48.1. The minimum absolute atomic E-state index is 0. The van der Waals surface area contributed by atoms with Gasteiger partial charge in [0.05, 0.1) is 0 Å². The summed E-state index contributed by atoms with van der Waals surface area (Å²) in [6.45, 7) is 24.0. The molecule has 312 valence electrons. The van der Waals surface area contributed by atoms with Crippen molar-refractivity contribution in [3.05, 3.63) is 195 Å². The maximum absolute atomic E-state index is 3.97. The van der Waals surface area contributed by atoms with Gasteiger partial charge in [-0.05, 0) is 136 Å². The summed E-state index contributed by atoms with van der Waals surface area (Å²) < 4.78 is 0. The largest absolute Gasteiger partial charge is 2.00 e. The minimum Gasteiger partial charge on any atom is -1.00 e. The molecule has 0 atom stereocenters. The molecule has 1 nitrogen and oxygen atoms in total. The summed E-state index contributed by atoms with van der Waals surface area (Å²) in [5.74, 6) is 0. The van der Waals surface area contributed by atoms with E-state index in [1.54, 1.807) is 0 Å². The van der Waals surface area contributed by atoms with Crippen molar-refractivity contribution in [3.8, 4) is 11.1 Å². The molecule has 0 N–H and O–H groups in total. The zero-order chi connectivity index (χ0) is 41.8. The smallest absolute Gasteiger partial charge is 1.00 e. The van der Waals surface area contributed by atoms with Crippen LogP contribution in [0.4, 0.5) is 0 Å². The van der Waals surface area contributed by atoms with Gasteiger partial charge in [-0.25, -0.2) is 0 Å². The molecule has 0 radical (unpaired) electrons. The topological polar surface area (TPSA) is 14.1 Å². The van der Waals surface area contributed by atoms with Crippen LogP contribution in [-0.2, 0) is 19.5 Å². The van der Waals surface area contributed by atoms with Gasteiger partial charge in [-0.3, -0.25) is 0 Å². The van der Waals surface area contributed by atoms with Gasteiger partial charge in [-0.2, -0.15) is 13.1 Å². The summed E-state index contributed by atoms with van der Waals surface area (Å²) in [7, 11) is -1.87. The van der Waals surface area contributed by atoms with Crippen LogP contribution in [0, 0.1) is 55.4 Å². The van der Waals surface area contributed by atoms with E-state index in [2.05, 4.69) is 206 Å². The number of rotatable bonds is 9.